The zero-order chi connectivity index (χ0) is 7.98. The molecule has 0 heterocycles. The van der Waals surface area contributed by atoms with E-state index in [1.807, 2.05) is 0 Å². The molecular weight excluding hydrogens is 138 g/mol. The van der Waals surface area contributed by atoms with Gasteiger partial charge in [-0.25, -0.2) is 20.9 Å². The largest absolute Gasteiger partial charge is 0.366 e. The average Bonchev–Trinajstić information content (AvgIpc) is 1.98. The first-order valence-electron chi connectivity index (χ1n) is 2.03. The Morgan fingerprint density at radius 1 is 1.80 bits per heavy atom. The number of amides is 2. The molecule has 10 heavy (non-hydrogen) atoms. The minimum absolute atomic E-state index is 0.181. The number of hydrazine groups is 1. The van der Waals surface area contributed by atoms with Crippen LogP contribution in [-0.2, 0) is 4.79 Å². The van der Waals surface area contributed by atoms with E-state index in [0.29, 0.717) is 0 Å². The Kier molecular flexibility index (Phi) is 3.26. The van der Waals surface area contributed by atoms with E-state index >= 15 is 0 Å². The number of carbonyl (C=O) groups excluding carboxylic acids is 2. The molecule has 0 rings (SSSR count). The Hall–Kier alpha value is -1.90. The van der Waals surface area contributed by atoms with E-state index in [2.05, 4.69) is 5.10 Å². The maximum atomic E-state index is 10.3. The van der Waals surface area contributed by atoms with E-state index in [4.69, 9.17) is 11.1 Å². The van der Waals surface area contributed by atoms with Crippen molar-refractivity contribution in [1.82, 2.24) is 10.4 Å². The molecule has 3 N–H and O–H groups in total. The van der Waals surface area contributed by atoms with Crippen molar-refractivity contribution >= 4 is 12.1 Å². The molecule has 0 saturated heterocycles. The number of isocyanates is 1. The maximum Gasteiger partial charge on any atom is 0.366 e. The summed E-state index contributed by atoms with van der Waals surface area (Å²) in [5, 5.41) is 10.8. The summed E-state index contributed by atoms with van der Waals surface area (Å²) in [4.78, 5) is 19.7. The number of hydrazone groups is 1. The van der Waals surface area contributed by atoms with E-state index in [-0.39, 0.29) is 5.01 Å². The van der Waals surface area contributed by atoms with Gasteiger partial charge in [0.05, 0.1) is 0 Å². The molecule has 52 valence electrons. The number of nitriles is 1. The van der Waals surface area contributed by atoms with Gasteiger partial charge in [0.1, 0.15) is 0 Å². The number of urea groups is 1. The molecule has 0 aliphatic heterocycles. The minimum atomic E-state index is -0.995. The second kappa shape index (κ2) is 4.03. The van der Waals surface area contributed by atoms with Gasteiger partial charge in [0, 0.05) is 0 Å². The first-order valence-corrected chi connectivity index (χ1v) is 2.03. The van der Waals surface area contributed by atoms with Crippen LogP contribution in [0, 0.1) is 11.5 Å². The third-order valence-electron chi connectivity index (χ3n) is 0.524. The van der Waals surface area contributed by atoms with E-state index in [1.54, 1.807) is 5.43 Å². The summed E-state index contributed by atoms with van der Waals surface area (Å²) in [6.45, 7) is 0. The van der Waals surface area contributed by atoms with Gasteiger partial charge in [0.25, 0.3) is 6.08 Å². The summed E-state index contributed by atoms with van der Waals surface area (Å²) in [7, 11) is 0. The lowest BCUT2D eigenvalue weighted by Crippen LogP contribution is -2.38. The van der Waals surface area contributed by atoms with Gasteiger partial charge in [-0.3, -0.25) is 0 Å². The molecule has 0 aromatic rings. The number of hydrogen-bond donors (Lipinski definition) is 2. The van der Waals surface area contributed by atoms with E-state index in [0.717, 1.165) is 6.08 Å². The lowest BCUT2D eigenvalue weighted by atomic mass is 10.9. The maximum absolute atomic E-state index is 10.3. The molecule has 0 unspecified atom stereocenters. The number of carbonyl (C=O) groups is 1. The van der Waals surface area contributed by atoms with Gasteiger partial charge in [-0.15, -0.1) is 0 Å². The molecule has 0 aliphatic carbocycles. The van der Waals surface area contributed by atoms with Crippen LogP contribution in [0.15, 0.2) is 5.10 Å². The predicted octanol–water partition coefficient (Wildman–Crippen LogP) is -1.40. The molecule has 0 fully saturated rings. The van der Waals surface area contributed by atoms with Gasteiger partial charge in [0.15, 0.2) is 0 Å². The third kappa shape index (κ3) is 2.42. The zero-order valence-electron chi connectivity index (χ0n) is 4.74. The highest BCUT2D eigenvalue weighted by Crippen LogP contribution is 1.73. The van der Waals surface area contributed by atoms with Gasteiger partial charge < -0.3 is 0 Å². The molecule has 0 spiro atoms. The van der Waals surface area contributed by atoms with Gasteiger partial charge in [-0.2, -0.15) is 10.3 Å². The van der Waals surface area contributed by atoms with Gasteiger partial charge in [-0.1, -0.05) is 5.10 Å². The standard InChI is InChI=1S/C3H3N5O2/c4-1-8(5)3(10)7-6-2-9/h5H2,(H,7,10). The summed E-state index contributed by atoms with van der Waals surface area (Å²) < 4.78 is 0. The third-order valence-corrected chi connectivity index (χ3v) is 0.524. The topological polar surface area (TPSA) is 112 Å². The van der Waals surface area contributed by atoms with Crippen LogP contribution in [0.2, 0.25) is 0 Å². The van der Waals surface area contributed by atoms with Crippen molar-refractivity contribution in [3.05, 3.63) is 0 Å². The second-order valence-corrected chi connectivity index (χ2v) is 1.09. The lowest BCUT2D eigenvalue weighted by molar-refractivity contribution is 0.218. The Labute approximate surface area is 55.7 Å². The first-order chi connectivity index (χ1) is 4.72. The number of nitrogens with two attached hydrogens (primary N) is 1. The number of nitrogens with one attached hydrogen (secondary N) is 1. The molecular formula is C3H3N5O2. The quantitative estimate of drug-likeness (QED) is 0.0889. The van der Waals surface area contributed by atoms with Crippen LogP contribution in [0.25, 0.3) is 0 Å². The SMILES string of the molecule is N#CN(N)C(=O)NN=C=O. The highest BCUT2D eigenvalue weighted by Gasteiger charge is 2.04. The van der Waals surface area contributed by atoms with E-state index in [1.165, 1.54) is 6.19 Å². The van der Waals surface area contributed by atoms with Crippen molar-refractivity contribution in [2.45, 2.75) is 0 Å². The average molecular weight is 141 g/mol. The van der Waals surface area contributed by atoms with Crippen molar-refractivity contribution in [3.8, 4) is 6.19 Å². The van der Waals surface area contributed by atoms with Gasteiger partial charge in [0.2, 0.25) is 6.19 Å². The van der Waals surface area contributed by atoms with Crippen molar-refractivity contribution in [2.75, 3.05) is 0 Å². The Morgan fingerprint density at radius 2 is 2.40 bits per heavy atom. The molecule has 0 aliphatic rings. The molecule has 7 heteroatoms. The van der Waals surface area contributed by atoms with Crippen LogP contribution in [0.1, 0.15) is 0 Å². The van der Waals surface area contributed by atoms with Crippen LogP contribution in [0.5, 0.6) is 0 Å². The first kappa shape index (κ1) is 8.10. The van der Waals surface area contributed by atoms with Crippen molar-refractivity contribution in [2.24, 2.45) is 10.9 Å². The Balaban J connectivity index is 3.87. The highest BCUT2D eigenvalue weighted by molar-refractivity contribution is 5.74. The van der Waals surface area contributed by atoms with Crippen molar-refractivity contribution in [3.63, 3.8) is 0 Å². The smallest absolute Gasteiger partial charge is 0.244 e. The lowest BCUT2D eigenvalue weighted by Gasteiger charge is -2.01. The fourth-order valence-corrected chi connectivity index (χ4v) is 0.170. The van der Waals surface area contributed by atoms with Crippen LogP contribution in [0.3, 0.4) is 0 Å². The van der Waals surface area contributed by atoms with Crippen LogP contribution in [0.4, 0.5) is 4.79 Å². The summed E-state index contributed by atoms with van der Waals surface area (Å²) in [6.07, 6.45) is 2.31. The molecule has 0 saturated carbocycles. The molecule has 2 amide bonds. The monoisotopic (exact) mass is 141 g/mol. The van der Waals surface area contributed by atoms with Crippen LogP contribution in [-0.4, -0.2) is 17.1 Å². The highest BCUT2D eigenvalue weighted by atomic mass is 16.2. The number of hydrogen-bond acceptors (Lipinski definition) is 5. The summed E-state index contributed by atoms with van der Waals surface area (Å²) >= 11 is 0. The summed E-state index contributed by atoms with van der Waals surface area (Å²) in [6, 6.07) is -0.995. The number of rotatable bonds is 1. The minimum Gasteiger partial charge on any atom is -0.244 e. The van der Waals surface area contributed by atoms with E-state index < -0.39 is 6.03 Å². The van der Waals surface area contributed by atoms with Crippen molar-refractivity contribution in [1.29, 1.82) is 5.26 Å². The molecule has 0 bridgehead atoms. The second-order valence-electron chi connectivity index (χ2n) is 1.09. The zero-order valence-corrected chi connectivity index (χ0v) is 4.74. The van der Waals surface area contributed by atoms with Gasteiger partial charge >= 0.3 is 6.03 Å². The Bertz CT molecular complexity index is 211. The summed E-state index contributed by atoms with van der Waals surface area (Å²) in [5.41, 5.74) is 1.62. The summed E-state index contributed by atoms with van der Waals surface area (Å²) in [5.74, 6) is 4.73. The fourth-order valence-electron chi connectivity index (χ4n) is 0.170. The van der Waals surface area contributed by atoms with E-state index in [9.17, 15) is 9.59 Å². The molecule has 7 nitrogen and oxygen atoms in total. The molecule has 0 radical (unpaired) electrons. The molecule has 0 aromatic carbocycles. The van der Waals surface area contributed by atoms with Crippen LogP contribution >= 0.6 is 0 Å². The number of nitrogens with zero attached hydrogens (tertiary/aromatic N) is 3. The van der Waals surface area contributed by atoms with Crippen molar-refractivity contribution < 1.29 is 9.59 Å². The normalized spacial score (nSPS) is 6.80. The fraction of sp³-hybridized carbons (Fsp3) is 0. The predicted molar refractivity (Wildman–Crippen MR) is 28.3 cm³/mol. The molecule has 0 aromatic heterocycles. The van der Waals surface area contributed by atoms with Gasteiger partial charge in [-0.05, 0) is 0 Å². The van der Waals surface area contributed by atoms with Crippen LogP contribution < -0.4 is 11.3 Å². The Morgan fingerprint density at radius 3 is 2.80 bits per heavy atom. The molecule has 0 atom stereocenters.